The van der Waals surface area contributed by atoms with Crippen molar-refractivity contribution < 1.29 is 23.8 Å². The van der Waals surface area contributed by atoms with Crippen molar-refractivity contribution in [1.29, 1.82) is 0 Å². The van der Waals surface area contributed by atoms with Crippen LogP contribution in [0.2, 0.25) is 0 Å². The lowest BCUT2D eigenvalue weighted by molar-refractivity contribution is -0.145. The summed E-state index contributed by atoms with van der Waals surface area (Å²) in [4.78, 5) is 11.5. The molecule has 5 nitrogen and oxygen atoms in total. The molecule has 2 atom stereocenters. The molecule has 0 aromatic heterocycles. The quantitative estimate of drug-likeness (QED) is 0.684. The Labute approximate surface area is 167 Å². The molecule has 148 valence electrons. The van der Waals surface area contributed by atoms with E-state index in [1.54, 1.807) is 19.1 Å². The van der Waals surface area contributed by atoms with Crippen molar-refractivity contribution in [2.75, 3.05) is 0 Å². The fraction of sp³-hybridized carbons (Fsp3) is 0.174. The number of carbonyl (C=O) groups is 1. The van der Waals surface area contributed by atoms with Crippen molar-refractivity contribution in [1.82, 2.24) is 0 Å². The van der Waals surface area contributed by atoms with Gasteiger partial charge >= 0.3 is 5.97 Å². The predicted octanol–water partition coefficient (Wildman–Crippen LogP) is 4.04. The minimum Gasteiger partial charge on any atom is -0.480 e. The minimum absolute atomic E-state index is 0.382. The Kier molecular flexibility index (Phi) is 4.82. The van der Waals surface area contributed by atoms with Crippen LogP contribution in [0.5, 0.6) is 11.5 Å². The van der Waals surface area contributed by atoms with Crippen LogP contribution in [0.4, 0.5) is 4.39 Å². The molecular formula is C23H20FNO4. The van der Waals surface area contributed by atoms with Crippen LogP contribution in [0.25, 0.3) is 0 Å². The summed E-state index contributed by atoms with van der Waals surface area (Å²) in [5.41, 5.74) is 6.67. The molecular weight excluding hydrogens is 373 g/mol. The monoisotopic (exact) mass is 393 g/mol. The molecule has 6 heteroatoms. The van der Waals surface area contributed by atoms with Gasteiger partial charge in [-0.15, -0.1) is 0 Å². The molecule has 1 unspecified atom stereocenters. The van der Waals surface area contributed by atoms with Crippen molar-refractivity contribution in [3.05, 3.63) is 95.3 Å². The summed E-state index contributed by atoms with van der Waals surface area (Å²) in [6.07, 6.45) is -0.850. The van der Waals surface area contributed by atoms with Crippen LogP contribution >= 0.6 is 0 Å². The minimum atomic E-state index is -1.24. The number of benzene rings is 3. The van der Waals surface area contributed by atoms with Crippen molar-refractivity contribution in [3.63, 3.8) is 0 Å². The van der Waals surface area contributed by atoms with Gasteiger partial charge in [0, 0.05) is 11.1 Å². The number of fused-ring (bicyclic) bond motifs is 2. The topological polar surface area (TPSA) is 81.8 Å². The van der Waals surface area contributed by atoms with Crippen molar-refractivity contribution in [2.45, 2.75) is 24.7 Å². The van der Waals surface area contributed by atoms with Crippen LogP contribution in [0.3, 0.4) is 0 Å². The van der Waals surface area contributed by atoms with E-state index in [1.807, 2.05) is 48.5 Å². The predicted molar refractivity (Wildman–Crippen MR) is 105 cm³/mol. The molecule has 0 saturated carbocycles. The Balaban J connectivity index is 2.00. The van der Waals surface area contributed by atoms with E-state index in [9.17, 15) is 14.3 Å². The van der Waals surface area contributed by atoms with Crippen molar-refractivity contribution >= 4 is 5.97 Å². The summed E-state index contributed by atoms with van der Waals surface area (Å²) in [6.45, 7) is 1.62. The Morgan fingerprint density at radius 2 is 1.52 bits per heavy atom. The molecule has 1 heterocycles. The van der Waals surface area contributed by atoms with Crippen LogP contribution in [0.1, 0.15) is 23.6 Å². The highest BCUT2D eigenvalue weighted by Crippen LogP contribution is 2.52. The molecule has 1 aliphatic rings. The molecule has 4 rings (SSSR count). The largest absolute Gasteiger partial charge is 0.480 e. The normalized spacial score (nSPS) is 16.1. The molecule has 0 radical (unpaired) electrons. The highest BCUT2D eigenvalue weighted by Gasteiger charge is 2.47. The summed E-state index contributed by atoms with van der Waals surface area (Å²) >= 11 is 0. The first-order valence-corrected chi connectivity index (χ1v) is 9.22. The zero-order valence-electron chi connectivity index (χ0n) is 15.7. The van der Waals surface area contributed by atoms with E-state index < -0.39 is 23.7 Å². The van der Waals surface area contributed by atoms with Gasteiger partial charge in [0.2, 0.25) is 0 Å². The second-order valence-electron chi connectivity index (χ2n) is 6.97. The average Bonchev–Trinajstić information content (AvgIpc) is 2.73. The van der Waals surface area contributed by atoms with Crippen molar-refractivity contribution in [2.24, 2.45) is 5.73 Å². The Bertz CT molecular complexity index is 1010. The fourth-order valence-electron chi connectivity index (χ4n) is 3.70. The van der Waals surface area contributed by atoms with Gasteiger partial charge < -0.3 is 20.3 Å². The number of rotatable bonds is 5. The van der Waals surface area contributed by atoms with E-state index in [0.717, 1.165) is 0 Å². The number of halogens is 1. The molecule has 0 amide bonds. The summed E-state index contributed by atoms with van der Waals surface area (Å²) in [7, 11) is 0. The number of ether oxygens (including phenoxy) is 2. The number of hydrogen-bond acceptors (Lipinski definition) is 4. The molecule has 29 heavy (non-hydrogen) atoms. The molecule has 0 fully saturated rings. The van der Waals surface area contributed by atoms with Gasteiger partial charge in [0.15, 0.2) is 5.60 Å². The van der Waals surface area contributed by atoms with E-state index in [2.05, 4.69) is 0 Å². The lowest BCUT2D eigenvalue weighted by Gasteiger charge is -2.42. The Hall–Kier alpha value is -3.22. The maximum atomic E-state index is 13.7. The molecule has 3 aromatic carbocycles. The Morgan fingerprint density at radius 1 is 1.00 bits per heavy atom. The van der Waals surface area contributed by atoms with Gasteiger partial charge in [-0.1, -0.05) is 48.5 Å². The first-order chi connectivity index (χ1) is 13.9. The maximum absolute atomic E-state index is 13.7. The van der Waals surface area contributed by atoms with Gasteiger partial charge in [-0.05, 0) is 36.8 Å². The van der Waals surface area contributed by atoms with E-state index in [1.165, 1.54) is 12.1 Å². The van der Waals surface area contributed by atoms with Gasteiger partial charge in [0.1, 0.15) is 23.4 Å². The number of para-hydroxylation sites is 2. The highest BCUT2D eigenvalue weighted by molar-refractivity contribution is 5.74. The summed E-state index contributed by atoms with van der Waals surface area (Å²) in [6, 6.07) is 19.4. The maximum Gasteiger partial charge on any atom is 0.323 e. The van der Waals surface area contributed by atoms with E-state index in [0.29, 0.717) is 28.2 Å². The van der Waals surface area contributed by atoms with Gasteiger partial charge in [-0.2, -0.15) is 0 Å². The SMILES string of the molecule is CC(OC1(c2ccc(F)cc2)c2ccccc2Oc2ccccc21)[C@H](N)C(=O)O. The molecule has 0 spiro atoms. The molecule has 3 aromatic rings. The molecule has 0 saturated heterocycles. The fourth-order valence-corrected chi connectivity index (χ4v) is 3.70. The zero-order valence-corrected chi connectivity index (χ0v) is 15.7. The first kappa shape index (κ1) is 19.1. The summed E-state index contributed by atoms with van der Waals surface area (Å²) in [5, 5.41) is 9.38. The number of carboxylic acid groups (broad SMARTS) is 1. The number of carboxylic acids is 1. The lowest BCUT2D eigenvalue weighted by atomic mass is 9.77. The zero-order chi connectivity index (χ0) is 20.6. The summed E-state index contributed by atoms with van der Waals surface area (Å²) < 4.78 is 26.2. The van der Waals surface area contributed by atoms with Gasteiger partial charge in [-0.25, -0.2) is 4.39 Å². The smallest absolute Gasteiger partial charge is 0.323 e. The van der Waals surface area contributed by atoms with Gasteiger partial charge in [0.25, 0.3) is 0 Å². The van der Waals surface area contributed by atoms with E-state index >= 15 is 0 Å². The number of aliphatic carboxylic acids is 1. The van der Waals surface area contributed by atoms with Crippen LogP contribution < -0.4 is 10.5 Å². The number of hydrogen-bond donors (Lipinski definition) is 2. The van der Waals surface area contributed by atoms with Gasteiger partial charge in [-0.3, -0.25) is 4.79 Å². The third-order valence-corrected chi connectivity index (χ3v) is 5.16. The molecule has 3 N–H and O–H groups in total. The summed E-state index contributed by atoms with van der Waals surface area (Å²) in [5.74, 6) is -0.397. The van der Waals surface area contributed by atoms with E-state index in [4.69, 9.17) is 15.2 Å². The lowest BCUT2D eigenvalue weighted by Crippen LogP contribution is -2.47. The number of nitrogens with two attached hydrogens (primary N) is 1. The third-order valence-electron chi connectivity index (χ3n) is 5.16. The van der Waals surface area contributed by atoms with Crippen LogP contribution in [-0.2, 0) is 15.1 Å². The van der Waals surface area contributed by atoms with Crippen LogP contribution in [0, 0.1) is 5.82 Å². The second kappa shape index (κ2) is 7.31. The highest BCUT2D eigenvalue weighted by atomic mass is 19.1. The second-order valence-corrected chi connectivity index (χ2v) is 6.97. The molecule has 0 bridgehead atoms. The molecule has 1 aliphatic heterocycles. The van der Waals surface area contributed by atoms with Crippen molar-refractivity contribution in [3.8, 4) is 11.5 Å². The molecule has 0 aliphatic carbocycles. The van der Waals surface area contributed by atoms with Crippen LogP contribution in [-0.4, -0.2) is 23.2 Å². The van der Waals surface area contributed by atoms with Gasteiger partial charge in [0.05, 0.1) is 6.10 Å². The average molecular weight is 393 g/mol. The standard InChI is InChI=1S/C23H20FNO4/c1-14(21(25)22(26)27)29-23(15-10-12-16(24)13-11-15)17-6-2-4-8-19(17)28-20-9-5-3-7-18(20)23/h2-14,21H,25H2,1H3,(H,26,27)/t14?,21-/m0/s1. The van der Waals surface area contributed by atoms with E-state index in [-0.39, 0.29) is 5.82 Å². The Morgan fingerprint density at radius 3 is 2.03 bits per heavy atom. The first-order valence-electron chi connectivity index (χ1n) is 9.22. The van der Waals surface area contributed by atoms with Crippen LogP contribution in [0.15, 0.2) is 72.8 Å². The third kappa shape index (κ3) is 3.16.